The lowest BCUT2D eigenvalue weighted by atomic mass is 10.1. The van der Waals surface area contributed by atoms with Crippen molar-refractivity contribution in [1.82, 2.24) is 0 Å². The fraction of sp³-hybridized carbons (Fsp3) is 0.300. The van der Waals surface area contributed by atoms with Crippen LogP contribution >= 0.6 is 0 Å². The highest BCUT2D eigenvalue weighted by atomic mass is 16.6. The first kappa shape index (κ1) is 20.1. The number of hydrogen-bond acceptors (Lipinski definition) is 6. The Bertz CT molecular complexity index is 849. The van der Waals surface area contributed by atoms with Gasteiger partial charge in [0, 0.05) is 24.3 Å². The zero-order chi connectivity index (χ0) is 20.0. The first-order valence-corrected chi connectivity index (χ1v) is 8.44. The van der Waals surface area contributed by atoms with E-state index in [4.69, 9.17) is 4.74 Å². The summed E-state index contributed by atoms with van der Waals surface area (Å²) in [5.41, 5.74) is 3.07. The third-order valence-corrected chi connectivity index (χ3v) is 4.00. The van der Waals surface area contributed by atoms with Crippen LogP contribution < -0.4 is 4.74 Å². The number of rotatable bonds is 8. The molecule has 0 aromatic heterocycles. The van der Waals surface area contributed by atoms with E-state index in [-0.39, 0.29) is 30.4 Å². The summed E-state index contributed by atoms with van der Waals surface area (Å²) in [6.07, 6.45) is 0.516. The van der Waals surface area contributed by atoms with Crippen molar-refractivity contribution in [3.8, 4) is 11.5 Å². The van der Waals surface area contributed by atoms with E-state index in [0.29, 0.717) is 23.3 Å². The third kappa shape index (κ3) is 5.91. The largest absolute Gasteiger partial charge is 0.507 e. The van der Waals surface area contributed by atoms with Crippen molar-refractivity contribution in [2.75, 3.05) is 13.2 Å². The first-order valence-electron chi connectivity index (χ1n) is 8.44. The number of nitro groups is 1. The summed E-state index contributed by atoms with van der Waals surface area (Å²) in [4.78, 5) is 26.4. The number of nitrogens with zero attached hydrogens (tertiary/aromatic N) is 2. The van der Waals surface area contributed by atoms with Gasteiger partial charge in [0.2, 0.25) is 0 Å². The van der Waals surface area contributed by atoms with Gasteiger partial charge in [-0.15, -0.1) is 0 Å². The maximum absolute atomic E-state index is 12.0. The van der Waals surface area contributed by atoms with E-state index in [1.807, 2.05) is 6.92 Å². The number of phenols is 1. The number of Topliss-reactive ketones (excluding diaryl/α,β-unsaturated/α-hetero) is 1. The molecule has 2 aromatic carbocycles. The normalized spacial score (nSPS) is 11.3. The second-order valence-corrected chi connectivity index (χ2v) is 6.38. The molecular formula is C20H22N2O5. The monoisotopic (exact) mass is 370 g/mol. The Morgan fingerprint density at radius 3 is 2.33 bits per heavy atom. The number of carbonyl (C=O) groups excluding carboxylic acids is 1. The van der Waals surface area contributed by atoms with Crippen molar-refractivity contribution in [3.63, 3.8) is 0 Å². The van der Waals surface area contributed by atoms with Crippen molar-refractivity contribution in [2.24, 2.45) is 4.99 Å². The number of non-ortho nitro benzene ring substituents is 1. The van der Waals surface area contributed by atoms with Crippen LogP contribution in [0.25, 0.3) is 0 Å². The summed E-state index contributed by atoms with van der Waals surface area (Å²) >= 11 is 0. The van der Waals surface area contributed by atoms with Gasteiger partial charge in [0.05, 0.1) is 4.92 Å². The van der Waals surface area contributed by atoms with Gasteiger partial charge in [0.1, 0.15) is 24.7 Å². The Morgan fingerprint density at radius 2 is 1.78 bits per heavy atom. The summed E-state index contributed by atoms with van der Waals surface area (Å²) < 4.78 is 5.48. The molecule has 7 heteroatoms. The summed E-state index contributed by atoms with van der Waals surface area (Å²) in [6.45, 7) is 5.25. The lowest BCUT2D eigenvalue weighted by molar-refractivity contribution is -0.384. The predicted octanol–water partition coefficient (Wildman–Crippen LogP) is 3.57. The average molecular weight is 370 g/mol. The number of aliphatic imine (C=N–C) groups is 1. The number of aromatic hydroxyl groups is 1. The van der Waals surface area contributed by atoms with Gasteiger partial charge in [-0.3, -0.25) is 19.9 Å². The highest BCUT2D eigenvalue weighted by Crippen LogP contribution is 2.26. The number of carbonyl (C=O) groups is 1. The molecule has 0 atom stereocenters. The number of ether oxygens (including phenoxy) is 1. The zero-order valence-corrected chi connectivity index (χ0v) is 15.6. The van der Waals surface area contributed by atoms with E-state index in [1.165, 1.54) is 12.1 Å². The smallest absolute Gasteiger partial charge is 0.269 e. The second kappa shape index (κ2) is 8.93. The maximum Gasteiger partial charge on any atom is 0.269 e. The first-order chi connectivity index (χ1) is 12.8. The molecule has 0 aliphatic carbocycles. The Morgan fingerprint density at radius 1 is 1.19 bits per heavy atom. The summed E-state index contributed by atoms with van der Waals surface area (Å²) in [5, 5.41) is 20.4. The van der Waals surface area contributed by atoms with Gasteiger partial charge in [0.15, 0.2) is 5.78 Å². The second-order valence-electron chi connectivity index (χ2n) is 6.38. The molecule has 0 fully saturated rings. The molecule has 0 heterocycles. The fourth-order valence-electron chi connectivity index (χ4n) is 2.52. The van der Waals surface area contributed by atoms with E-state index in [1.54, 1.807) is 38.1 Å². The van der Waals surface area contributed by atoms with E-state index >= 15 is 0 Å². The highest BCUT2D eigenvalue weighted by Gasteiger charge is 2.08. The molecule has 0 saturated carbocycles. The standard InChI is InChI=1S/C20H22N2O5/c1-13-8-19(9-14(2)20(13)24)27-12-18(23)11-21-15(3)10-16-4-6-17(7-5-16)22(25)26/h4-9,24H,10-12H2,1-3H3. The van der Waals surface area contributed by atoms with Gasteiger partial charge >= 0.3 is 0 Å². The van der Waals surface area contributed by atoms with Crippen LogP contribution in [0.5, 0.6) is 11.5 Å². The number of benzene rings is 2. The number of aryl methyl sites for hydroxylation is 2. The van der Waals surface area contributed by atoms with Gasteiger partial charge in [0.25, 0.3) is 5.69 Å². The molecule has 0 radical (unpaired) electrons. The predicted molar refractivity (Wildman–Crippen MR) is 103 cm³/mol. The summed E-state index contributed by atoms with van der Waals surface area (Å²) in [6, 6.07) is 9.61. The number of hydrogen-bond donors (Lipinski definition) is 1. The SMILES string of the molecule is CC(Cc1ccc([N+](=O)[O-])cc1)=NCC(=O)COc1cc(C)c(O)c(C)c1. The number of ketones is 1. The molecule has 7 nitrogen and oxygen atoms in total. The minimum absolute atomic E-state index is 0.00879. The minimum atomic E-state index is -0.444. The molecule has 0 unspecified atom stereocenters. The van der Waals surface area contributed by atoms with Crippen molar-refractivity contribution in [3.05, 3.63) is 63.2 Å². The molecule has 1 N–H and O–H groups in total. The number of phenolic OH excluding ortho intramolecular Hbond substituents is 1. The van der Waals surface area contributed by atoms with Crippen LogP contribution in [-0.4, -0.2) is 34.7 Å². The van der Waals surface area contributed by atoms with E-state index < -0.39 is 4.92 Å². The molecule has 2 rings (SSSR count). The van der Waals surface area contributed by atoms with Crippen molar-refractivity contribution >= 4 is 17.2 Å². The van der Waals surface area contributed by atoms with E-state index in [2.05, 4.69) is 4.99 Å². The van der Waals surface area contributed by atoms with Gasteiger partial charge in [-0.2, -0.15) is 0 Å². The van der Waals surface area contributed by atoms with Crippen LogP contribution in [0, 0.1) is 24.0 Å². The molecule has 0 aliphatic rings. The summed E-state index contributed by atoms with van der Waals surface area (Å²) in [7, 11) is 0. The Hall–Kier alpha value is -3.22. The molecule has 0 aliphatic heterocycles. The maximum atomic E-state index is 12.0. The Labute approximate surface area is 157 Å². The number of nitro benzene ring substituents is 1. The van der Waals surface area contributed by atoms with Crippen LogP contribution in [0.15, 0.2) is 41.4 Å². The quantitative estimate of drug-likeness (QED) is 0.435. The van der Waals surface area contributed by atoms with Crippen LogP contribution in [0.2, 0.25) is 0 Å². The van der Waals surface area contributed by atoms with Gasteiger partial charge in [-0.1, -0.05) is 12.1 Å². The van der Waals surface area contributed by atoms with E-state index in [0.717, 1.165) is 11.3 Å². The van der Waals surface area contributed by atoms with E-state index in [9.17, 15) is 20.0 Å². The third-order valence-electron chi connectivity index (χ3n) is 4.00. The van der Waals surface area contributed by atoms with Gasteiger partial charge < -0.3 is 9.84 Å². The molecule has 2 aromatic rings. The van der Waals surface area contributed by atoms with Crippen molar-refractivity contribution < 1.29 is 19.6 Å². The average Bonchev–Trinajstić information content (AvgIpc) is 2.63. The highest BCUT2D eigenvalue weighted by molar-refractivity contribution is 5.88. The molecule has 0 saturated heterocycles. The van der Waals surface area contributed by atoms with Crippen LogP contribution in [0.1, 0.15) is 23.6 Å². The fourth-order valence-corrected chi connectivity index (χ4v) is 2.52. The summed E-state index contributed by atoms with van der Waals surface area (Å²) in [5.74, 6) is 0.587. The molecule has 0 amide bonds. The Balaban J connectivity index is 1.85. The molecule has 142 valence electrons. The topological polar surface area (TPSA) is 102 Å². The molecule has 27 heavy (non-hydrogen) atoms. The lowest BCUT2D eigenvalue weighted by Crippen LogP contribution is -2.15. The zero-order valence-electron chi connectivity index (χ0n) is 15.6. The van der Waals surface area contributed by atoms with Crippen molar-refractivity contribution in [1.29, 1.82) is 0 Å². The van der Waals surface area contributed by atoms with Gasteiger partial charge in [-0.25, -0.2) is 0 Å². The minimum Gasteiger partial charge on any atom is -0.507 e. The lowest BCUT2D eigenvalue weighted by Gasteiger charge is -2.09. The molecular weight excluding hydrogens is 348 g/mol. The molecule has 0 bridgehead atoms. The Kier molecular flexibility index (Phi) is 6.65. The van der Waals surface area contributed by atoms with Crippen LogP contribution in [-0.2, 0) is 11.2 Å². The van der Waals surface area contributed by atoms with Crippen LogP contribution in [0.4, 0.5) is 5.69 Å². The van der Waals surface area contributed by atoms with Crippen molar-refractivity contribution in [2.45, 2.75) is 27.2 Å². The van der Waals surface area contributed by atoms with Crippen LogP contribution in [0.3, 0.4) is 0 Å². The van der Waals surface area contributed by atoms with Gasteiger partial charge in [-0.05, 0) is 49.6 Å². The molecule has 0 spiro atoms.